The van der Waals surface area contributed by atoms with Crippen LogP contribution >= 0.6 is 0 Å². The Morgan fingerprint density at radius 1 is 1.24 bits per heavy atom. The predicted octanol–water partition coefficient (Wildman–Crippen LogP) is 2.18. The summed E-state index contributed by atoms with van der Waals surface area (Å²) in [5.74, 6) is -0.268. The monoisotopic (exact) mass is 347 g/mol. The fourth-order valence-electron chi connectivity index (χ4n) is 4.60. The van der Waals surface area contributed by atoms with Crippen LogP contribution in [0.5, 0.6) is 0 Å². The lowest BCUT2D eigenvalue weighted by molar-refractivity contribution is -0.174. The Morgan fingerprint density at radius 3 is 2.84 bits per heavy atom. The maximum absolute atomic E-state index is 10.9. The molecule has 0 spiro atoms. The zero-order valence-electron chi connectivity index (χ0n) is 15.1. The van der Waals surface area contributed by atoms with Crippen LogP contribution < -0.4 is 0 Å². The highest BCUT2D eigenvalue weighted by Crippen LogP contribution is 2.41. The van der Waals surface area contributed by atoms with Crippen molar-refractivity contribution >= 4 is 0 Å². The number of piperidine rings is 1. The molecule has 1 aromatic rings. The van der Waals surface area contributed by atoms with E-state index in [0.29, 0.717) is 13.2 Å². The molecule has 25 heavy (non-hydrogen) atoms. The molecule has 138 valence electrons. The molecule has 5 heteroatoms. The van der Waals surface area contributed by atoms with Gasteiger partial charge >= 0.3 is 0 Å². The first kappa shape index (κ1) is 17.4. The number of nitrogens with zero attached hydrogens (tertiary/aromatic N) is 1. The number of hydrogen-bond donors (Lipinski definition) is 1. The highest BCUT2D eigenvalue weighted by Gasteiger charge is 2.56. The summed E-state index contributed by atoms with van der Waals surface area (Å²) in [6.45, 7) is 7.10. The van der Waals surface area contributed by atoms with Gasteiger partial charge in [-0.3, -0.25) is 4.90 Å². The van der Waals surface area contributed by atoms with E-state index in [-0.39, 0.29) is 30.3 Å². The molecule has 0 bridgehead atoms. The second-order valence-electron chi connectivity index (χ2n) is 7.99. The zero-order valence-corrected chi connectivity index (χ0v) is 15.1. The molecule has 4 rings (SSSR count). The molecule has 0 aromatic heterocycles. The lowest BCUT2D eigenvalue weighted by Gasteiger charge is -2.41. The largest absolute Gasteiger partial charge is 0.391 e. The van der Waals surface area contributed by atoms with Crippen molar-refractivity contribution in [2.24, 2.45) is 5.92 Å². The normalized spacial score (nSPS) is 37.0. The SMILES string of the molecule is CC1(C)O[C@H]2[C@@H]3[C@@H](O)[C@@H](CCOCc4ccccc4)CCN3C[C@H]2O1. The summed E-state index contributed by atoms with van der Waals surface area (Å²) >= 11 is 0. The van der Waals surface area contributed by atoms with Gasteiger partial charge in [-0.2, -0.15) is 0 Å². The molecule has 0 radical (unpaired) electrons. The third-order valence-corrected chi connectivity index (χ3v) is 5.76. The zero-order chi connectivity index (χ0) is 17.4. The van der Waals surface area contributed by atoms with Gasteiger partial charge in [0.2, 0.25) is 0 Å². The number of aliphatic hydroxyl groups excluding tert-OH is 1. The third-order valence-electron chi connectivity index (χ3n) is 5.76. The fraction of sp³-hybridized carbons (Fsp3) is 0.700. The molecular weight excluding hydrogens is 318 g/mol. The lowest BCUT2D eigenvalue weighted by Crippen LogP contribution is -2.54. The summed E-state index contributed by atoms with van der Waals surface area (Å²) < 4.78 is 17.9. The molecule has 1 N–H and O–H groups in total. The molecule has 0 amide bonds. The minimum Gasteiger partial charge on any atom is -0.391 e. The van der Waals surface area contributed by atoms with Gasteiger partial charge in [0, 0.05) is 13.2 Å². The quantitative estimate of drug-likeness (QED) is 0.828. The van der Waals surface area contributed by atoms with Crippen LogP contribution in [0, 0.1) is 5.92 Å². The highest BCUT2D eigenvalue weighted by atomic mass is 16.8. The summed E-state index contributed by atoms with van der Waals surface area (Å²) in [4.78, 5) is 2.34. The minimum atomic E-state index is -0.535. The van der Waals surface area contributed by atoms with Gasteiger partial charge in [-0.1, -0.05) is 30.3 Å². The van der Waals surface area contributed by atoms with Crippen molar-refractivity contribution < 1.29 is 19.3 Å². The number of rotatable bonds is 5. The van der Waals surface area contributed by atoms with Crippen molar-refractivity contribution in [1.82, 2.24) is 4.90 Å². The summed E-state index contributed by atoms with van der Waals surface area (Å²) in [5, 5.41) is 10.9. The number of hydrogen-bond acceptors (Lipinski definition) is 5. The minimum absolute atomic E-state index is 0.0157. The average Bonchev–Trinajstić information content (AvgIpc) is 3.06. The first-order valence-corrected chi connectivity index (χ1v) is 9.43. The first-order chi connectivity index (χ1) is 12.0. The molecule has 5 nitrogen and oxygen atoms in total. The number of aliphatic hydroxyl groups is 1. The van der Waals surface area contributed by atoms with Crippen molar-refractivity contribution in [2.75, 3.05) is 19.7 Å². The van der Waals surface area contributed by atoms with E-state index in [1.807, 2.05) is 32.0 Å². The van der Waals surface area contributed by atoms with Crippen molar-refractivity contribution in [3.63, 3.8) is 0 Å². The highest BCUT2D eigenvalue weighted by molar-refractivity contribution is 5.13. The number of ether oxygens (including phenoxy) is 3. The van der Waals surface area contributed by atoms with Crippen LogP contribution in [-0.4, -0.2) is 59.8 Å². The Hall–Kier alpha value is -0.980. The van der Waals surface area contributed by atoms with Gasteiger partial charge < -0.3 is 19.3 Å². The molecule has 0 saturated carbocycles. The molecule has 3 heterocycles. The number of benzene rings is 1. The molecule has 0 unspecified atom stereocenters. The Kier molecular flexibility index (Phi) is 4.86. The van der Waals surface area contributed by atoms with Crippen LogP contribution in [0.4, 0.5) is 0 Å². The molecule has 5 atom stereocenters. The van der Waals surface area contributed by atoms with Crippen LogP contribution in [-0.2, 0) is 20.8 Å². The van der Waals surface area contributed by atoms with Crippen molar-refractivity contribution in [1.29, 1.82) is 0 Å². The Bertz CT molecular complexity index is 578. The smallest absolute Gasteiger partial charge is 0.163 e. The van der Waals surface area contributed by atoms with Gasteiger partial charge in [-0.05, 0) is 44.7 Å². The summed E-state index contributed by atoms with van der Waals surface area (Å²) in [6, 6.07) is 10.3. The van der Waals surface area contributed by atoms with Crippen LogP contribution in [0.2, 0.25) is 0 Å². The van der Waals surface area contributed by atoms with E-state index in [0.717, 1.165) is 25.9 Å². The predicted molar refractivity (Wildman–Crippen MR) is 94.0 cm³/mol. The molecule has 3 saturated heterocycles. The molecular formula is C20H29NO4. The maximum atomic E-state index is 10.9. The van der Waals surface area contributed by atoms with E-state index in [9.17, 15) is 5.11 Å². The fourth-order valence-corrected chi connectivity index (χ4v) is 4.60. The first-order valence-electron chi connectivity index (χ1n) is 9.43. The number of fused-ring (bicyclic) bond motifs is 3. The second-order valence-corrected chi connectivity index (χ2v) is 7.99. The molecule has 3 fully saturated rings. The van der Waals surface area contributed by atoms with Crippen LogP contribution in [0.1, 0.15) is 32.3 Å². The van der Waals surface area contributed by atoms with Gasteiger partial charge in [0.1, 0.15) is 12.2 Å². The van der Waals surface area contributed by atoms with Gasteiger partial charge in [0.05, 0.1) is 18.8 Å². The topological polar surface area (TPSA) is 51.2 Å². The van der Waals surface area contributed by atoms with Crippen molar-refractivity contribution in [3.05, 3.63) is 35.9 Å². The molecule has 3 aliphatic rings. The van der Waals surface area contributed by atoms with E-state index in [2.05, 4.69) is 17.0 Å². The molecule has 3 aliphatic heterocycles. The van der Waals surface area contributed by atoms with E-state index in [4.69, 9.17) is 14.2 Å². The van der Waals surface area contributed by atoms with Gasteiger partial charge in [-0.15, -0.1) is 0 Å². The Morgan fingerprint density at radius 2 is 2.04 bits per heavy atom. The van der Waals surface area contributed by atoms with Crippen LogP contribution in [0.15, 0.2) is 30.3 Å². The van der Waals surface area contributed by atoms with Gasteiger partial charge in [0.25, 0.3) is 0 Å². The van der Waals surface area contributed by atoms with Gasteiger partial charge in [0.15, 0.2) is 5.79 Å². The van der Waals surface area contributed by atoms with Crippen LogP contribution in [0.3, 0.4) is 0 Å². The molecule has 0 aliphatic carbocycles. The lowest BCUT2D eigenvalue weighted by atomic mass is 9.85. The van der Waals surface area contributed by atoms with E-state index < -0.39 is 5.79 Å². The second kappa shape index (κ2) is 6.97. The van der Waals surface area contributed by atoms with Gasteiger partial charge in [-0.25, -0.2) is 0 Å². The Balaban J connectivity index is 1.29. The Labute approximate surface area is 149 Å². The van der Waals surface area contributed by atoms with Crippen molar-refractivity contribution in [2.45, 2.75) is 63.4 Å². The maximum Gasteiger partial charge on any atom is 0.163 e. The van der Waals surface area contributed by atoms with Crippen molar-refractivity contribution in [3.8, 4) is 0 Å². The summed E-state index contributed by atoms with van der Waals surface area (Å²) in [6.07, 6.45) is 1.59. The van der Waals surface area contributed by atoms with E-state index >= 15 is 0 Å². The van der Waals surface area contributed by atoms with E-state index in [1.54, 1.807) is 0 Å². The standard InChI is InChI=1S/C20H29NO4/c1-20(2)24-16-12-21-10-8-15(18(22)17(21)19(16)25-20)9-11-23-13-14-6-4-3-5-7-14/h3-7,15-19,22H,8-13H2,1-2H3/t15-,16-,17+,18+,19-/m1/s1. The molecule has 1 aromatic carbocycles. The van der Waals surface area contributed by atoms with Crippen LogP contribution in [0.25, 0.3) is 0 Å². The third kappa shape index (κ3) is 3.62. The summed E-state index contributed by atoms with van der Waals surface area (Å²) in [7, 11) is 0. The van der Waals surface area contributed by atoms with E-state index in [1.165, 1.54) is 5.56 Å². The average molecular weight is 347 g/mol. The summed E-state index contributed by atoms with van der Waals surface area (Å²) in [5.41, 5.74) is 1.19.